The highest BCUT2D eigenvalue weighted by Crippen LogP contribution is 2.47. The number of piperidine rings is 1. The van der Waals surface area contributed by atoms with Crippen LogP contribution in [-0.2, 0) is 25.5 Å². The van der Waals surface area contributed by atoms with Crippen LogP contribution in [0.2, 0.25) is 0 Å². The van der Waals surface area contributed by atoms with Crippen LogP contribution in [0.4, 0.5) is 5.69 Å². The van der Waals surface area contributed by atoms with Gasteiger partial charge in [0.1, 0.15) is 5.41 Å². The van der Waals surface area contributed by atoms with Crippen molar-refractivity contribution in [1.29, 1.82) is 0 Å². The van der Waals surface area contributed by atoms with Crippen LogP contribution in [0.15, 0.2) is 24.3 Å². The Morgan fingerprint density at radius 2 is 1.96 bits per heavy atom. The van der Waals surface area contributed by atoms with E-state index in [1.807, 2.05) is 38.1 Å². The number of anilines is 1. The summed E-state index contributed by atoms with van der Waals surface area (Å²) in [6, 6.07) is 7.46. The number of morpholine rings is 1. The van der Waals surface area contributed by atoms with Crippen molar-refractivity contribution in [2.24, 2.45) is 5.41 Å². The molecule has 0 radical (unpaired) electrons. The first-order valence-electron chi connectivity index (χ1n) is 8.31. The molecule has 2 fully saturated rings. The average Bonchev–Trinajstić information content (AvgIpc) is 2.52. The average molecular weight is 328 g/mol. The number of ether oxygens (including phenoxy) is 1. The Hall–Kier alpha value is -2.21. The first-order valence-corrected chi connectivity index (χ1v) is 8.31. The maximum absolute atomic E-state index is 12.9. The Morgan fingerprint density at radius 3 is 2.71 bits per heavy atom. The van der Waals surface area contributed by atoms with Crippen molar-refractivity contribution in [2.45, 2.75) is 44.9 Å². The van der Waals surface area contributed by atoms with E-state index >= 15 is 0 Å². The predicted octanol–water partition coefficient (Wildman–Crippen LogP) is 0.827. The minimum absolute atomic E-state index is 0.00263. The van der Waals surface area contributed by atoms with E-state index < -0.39 is 23.3 Å². The third kappa shape index (κ3) is 1.95. The second kappa shape index (κ2) is 5.14. The van der Waals surface area contributed by atoms with Crippen LogP contribution in [0.25, 0.3) is 0 Å². The molecule has 1 unspecified atom stereocenters. The van der Waals surface area contributed by atoms with Crippen molar-refractivity contribution in [1.82, 2.24) is 5.32 Å². The van der Waals surface area contributed by atoms with Gasteiger partial charge in [0, 0.05) is 12.2 Å². The number of nitrogens with zero attached hydrogens (tertiary/aromatic N) is 1. The zero-order valence-corrected chi connectivity index (χ0v) is 13.7. The summed E-state index contributed by atoms with van der Waals surface area (Å²) in [5.74, 6) is -1.30. The van der Waals surface area contributed by atoms with Gasteiger partial charge in [0.05, 0.1) is 24.7 Å². The molecule has 6 nitrogen and oxygen atoms in total. The standard InChI is InChI=1S/C18H20N2O4/c1-10-9-20-13-6-4-3-5-12(13)8-18(16(20)11(2)24-10)14(21)7-15(22)19-17(18)23/h3-6,10-11,16H,7-9H2,1-2H3,(H,19,22,23)/t10-,11+,16-,18?/m1/s1. The maximum atomic E-state index is 12.9. The molecule has 126 valence electrons. The minimum atomic E-state index is -1.26. The van der Waals surface area contributed by atoms with Crippen LogP contribution in [0, 0.1) is 5.41 Å². The summed E-state index contributed by atoms with van der Waals surface area (Å²) in [5.41, 5.74) is 0.752. The lowest BCUT2D eigenvalue weighted by molar-refractivity contribution is -0.158. The fourth-order valence-corrected chi connectivity index (χ4v) is 4.58. The zero-order valence-electron chi connectivity index (χ0n) is 13.7. The molecule has 1 aromatic rings. The summed E-state index contributed by atoms with van der Waals surface area (Å²) in [7, 11) is 0. The van der Waals surface area contributed by atoms with Gasteiger partial charge in [-0.25, -0.2) is 0 Å². The van der Waals surface area contributed by atoms with E-state index in [0.29, 0.717) is 13.0 Å². The van der Waals surface area contributed by atoms with Crippen molar-refractivity contribution < 1.29 is 19.1 Å². The van der Waals surface area contributed by atoms with Crippen LogP contribution in [0.3, 0.4) is 0 Å². The van der Waals surface area contributed by atoms with E-state index in [1.54, 1.807) is 0 Å². The molecule has 3 aliphatic heterocycles. The summed E-state index contributed by atoms with van der Waals surface area (Å²) in [5, 5.41) is 2.38. The minimum Gasteiger partial charge on any atom is -0.372 e. The Labute approximate surface area is 140 Å². The van der Waals surface area contributed by atoms with Crippen molar-refractivity contribution in [3.05, 3.63) is 29.8 Å². The zero-order chi connectivity index (χ0) is 17.1. The van der Waals surface area contributed by atoms with Crippen LogP contribution in [0.1, 0.15) is 25.8 Å². The highest BCUT2D eigenvalue weighted by atomic mass is 16.5. The molecule has 0 aliphatic carbocycles. The molecule has 2 amide bonds. The van der Waals surface area contributed by atoms with E-state index in [4.69, 9.17) is 4.74 Å². The lowest BCUT2D eigenvalue weighted by Gasteiger charge is -2.55. The van der Waals surface area contributed by atoms with Crippen LogP contribution >= 0.6 is 0 Å². The number of benzene rings is 1. The summed E-state index contributed by atoms with van der Waals surface area (Å²) in [6.45, 7) is 4.51. The number of carbonyl (C=O) groups excluding carboxylic acids is 3. The first kappa shape index (κ1) is 15.3. The number of hydrogen-bond acceptors (Lipinski definition) is 5. The number of para-hydroxylation sites is 1. The van der Waals surface area contributed by atoms with E-state index in [1.165, 1.54) is 0 Å². The number of Topliss-reactive ketones (excluding diaryl/α,β-unsaturated/α-hetero) is 1. The highest BCUT2D eigenvalue weighted by Gasteiger charge is 2.62. The quantitative estimate of drug-likeness (QED) is 0.564. The molecule has 3 heterocycles. The van der Waals surface area contributed by atoms with Crippen LogP contribution in [0.5, 0.6) is 0 Å². The summed E-state index contributed by atoms with van der Waals surface area (Å²) < 4.78 is 5.96. The normalized spacial score (nSPS) is 35.5. The van der Waals surface area contributed by atoms with E-state index in [-0.39, 0.29) is 24.4 Å². The molecule has 1 spiro atoms. The highest BCUT2D eigenvalue weighted by molar-refractivity contribution is 6.22. The van der Waals surface area contributed by atoms with Gasteiger partial charge < -0.3 is 9.64 Å². The molecule has 1 N–H and O–H groups in total. The number of ketones is 1. The Bertz CT molecular complexity index is 724. The Morgan fingerprint density at radius 1 is 1.21 bits per heavy atom. The Balaban J connectivity index is 1.91. The van der Waals surface area contributed by atoms with Gasteiger partial charge in [-0.2, -0.15) is 0 Å². The molecule has 0 aromatic heterocycles. The molecular formula is C18H20N2O4. The molecule has 6 heteroatoms. The predicted molar refractivity (Wildman–Crippen MR) is 86.5 cm³/mol. The van der Waals surface area contributed by atoms with E-state index in [2.05, 4.69) is 10.2 Å². The maximum Gasteiger partial charge on any atom is 0.242 e. The van der Waals surface area contributed by atoms with Crippen molar-refractivity contribution in [2.75, 3.05) is 11.4 Å². The van der Waals surface area contributed by atoms with Gasteiger partial charge in [0.15, 0.2) is 5.78 Å². The molecule has 1 aromatic carbocycles. The summed E-state index contributed by atoms with van der Waals surface area (Å²) >= 11 is 0. The molecule has 0 bridgehead atoms. The summed E-state index contributed by atoms with van der Waals surface area (Å²) in [4.78, 5) is 39.5. The lowest BCUT2D eigenvalue weighted by Crippen LogP contribution is -2.72. The van der Waals surface area contributed by atoms with Crippen LogP contribution in [-0.4, -0.2) is 42.4 Å². The second-order valence-corrected chi connectivity index (χ2v) is 7.00. The number of nitrogens with one attached hydrogen (secondary N) is 1. The summed E-state index contributed by atoms with van der Waals surface area (Å²) in [6.07, 6.45) is -0.224. The number of hydrogen-bond donors (Lipinski definition) is 1. The van der Waals surface area contributed by atoms with Gasteiger partial charge >= 0.3 is 0 Å². The fraction of sp³-hybridized carbons (Fsp3) is 0.500. The van der Waals surface area contributed by atoms with Gasteiger partial charge in [-0.05, 0) is 31.9 Å². The molecule has 24 heavy (non-hydrogen) atoms. The van der Waals surface area contributed by atoms with Gasteiger partial charge in [0.2, 0.25) is 11.8 Å². The van der Waals surface area contributed by atoms with Crippen molar-refractivity contribution >= 4 is 23.3 Å². The lowest BCUT2D eigenvalue weighted by atomic mass is 9.63. The number of imide groups is 1. The monoisotopic (exact) mass is 328 g/mol. The molecular weight excluding hydrogens is 308 g/mol. The molecule has 3 aliphatic rings. The smallest absolute Gasteiger partial charge is 0.242 e. The SMILES string of the molecule is C[C@@H]1CN2c3ccccc3CC3(C(=O)CC(=O)NC3=O)[C@H]2[C@H](C)O1. The molecule has 0 saturated carbocycles. The molecule has 4 atom stereocenters. The van der Waals surface area contributed by atoms with Gasteiger partial charge in [-0.3, -0.25) is 19.7 Å². The van der Waals surface area contributed by atoms with Gasteiger partial charge in [-0.15, -0.1) is 0 Å². The molecule has 4 rings (SSSR count). The first-order chi connectivity index (χ1) is 11.4. The number of amides is 2. The number of carbonyl (C=O) groups is 3. The topological polar surface area (TPSA) is 75.7 Å². The van der Waals surface area contributed by atoms with Crippen molar-refractivity contribution in [3.8, 4) is 0 Å². The van der Waals surface area contributed by atoms with Crippen LogP contribution < -0.4 is 10.2 Å². The third-order valence-corrected chi connectivity index (χ3v) is 5.43. The van der Waals surface area contributed by atoms with E-state index in [9.17, 15) is 14.4 Å². The molecule has 2 saturated heterocycles. The number of fused-ring (bicyclic) bond motifs is 4. The Kier molecular flexibility index (Phi) is 3.28. The second-order valence-electron chi connectivity index (χ2n) is 7.00. The third-order valence-electron chi connectivity index (χ3n) is 5.43. The van der Waals surface area contributed by atoms with Gasteiger partial charge in [-0.1, -0.05) is 18.2 Å². The van der Waals surface area contributed by atoms with Crippen molar-refractivity contribution in [3.63, 3.8) is 0 Å². The van der Waals surface area contributed by atoms with Gasteiger partial charge in [0.25, 0.3) is 0 Å². The number of rotatable bonds is 0. The largest absolute Gasteiger partial charge is 0.372 e. The van der Waals surface area contributed by atoms with E-state index in [0.717, 1.165) is 11.3 Å². The fourth-order valence-electron chi connectivity index (χ4n) is 4.58.